The van der Waals surface area contributed by atoms with Crippen molar-refractivity contribution >= 4 is 5.91 Å². The minimum absolute atomic E-state index is 0.0291. The van der Waals surface area contributed by atoms with E-state index in [9.17, 15) is 4.79 Å². The second kappa shape index (κ2) is 13.5. The fourth-order valence-corrected chi connectivity index (χ4v) is 5.71. The monoisotopic (exact) mass is 558 g/mol. The molecule has 0 radical (unpaired) electrons. The lowest BCUT2D eigenvalue weighted by molar-refractivity contribution is -0.124. The molecular formula is C32H38N4O5. The van der Waals surface area contributed by atoms with Crippen molar-refractivity contribution in [2.24, 2.45) is 5.92 Å². The molecule has 2 aromatic carbocycles. The maximum absolute atomic E-state index is 13.6. The molecule has 3 heterocycles. The second-order valence-electron chi connectivity index (χ2n) is 10.6. The van der Waals surface area contributed by atoms with Gasteiger partial charge in [-0.15, -0.1) is 0 Å². The van der Waals surface area contributed by atoms with Gasteiger partial charge in [0.05, 0.1) is 19.8 Å². The normalized spacial score (nSPS) is 17.9. The number of benzene rings is 2. The molecule has 0 spiro atoms. The Balaban J connectivity index is 1.30. The molecule has 1 aromatic heterocycles. The Labute approximate surface area is 241 Å². The van der Waals surface area contributed by atoms with Gasteiger partial charge in [0.25, 0.3) is 0 Å². The second-order valence-corrected chi connectivity index (χ2v) is 10.6. The van der Waals surface area contributed by atoms with E-state index in [4.69, 9.17) is 18.9 Å². The van der Waals surface area contributed by atoms with E-state index in [2.05, 4.69) is 32.7 Å². The molecule has 41 heavy (non-hydrogen) atoms. The fraction of sp³-hybridized carbons (Fsp3) is 0.406. The third-order valence-corrected chi connectivity index (χ3v) is 7.84. The average molecular weight is 559 g/mol. The molecule has 0 saturated carbocycles. The van der Waals surface area contributed by atoms with Crippen LogP contribution in [-0.4, -0.2) is 55.5 Å². The van der Waals surface area contributed by atoms with Crippen LogP contribution in [0.25, 0.3) is 11.1 Å². The first-order valence-electron chi connectivity index (χ1n) is 14.1. The van der Waals surface area contributed by atoms with Crippen molar-refractivity contribution in [3.8, 4) is 22.6 Å². The number of nitrogens with zero attached hydrogens (tertiary/aromatic N) is 2. The summed E-state index contributed by atoms with van der Waals surface area (Å²) >= 11 is 0. The van der Waals surface area contributed by atoms with Crippen molar-refractivity contribution < 1.29 is 23.7 Å². The van der Waals surface area contributed by atoms with Gasteiger partial charge in [0, 0.05) is 43.8 Å². The van der Waals surface area contributed by atoms with Crippen LogP contribution in [0.5, 0.6) is 11.5 Å². The number of ether oxygens (including phenoxy) is 4. The third-order valence-electron chi connectivity index (χ3n) is 7.84. The molecule has 1 saturated heterocycles. The fourth-order valence-electron chi connectivity index (χ4n) is 5.71. The number of aryl methyl sites for hydroxylation is 1. The molecule has 2 aliphatic heterocycles. The van der Waals surface area contributed by atoms with Gasteiger partial charge in [-0.05, 0) is 55.0 Å². The predicted octanol–water partition coefficient (Wildman–Crippen LogP) is 4.43. The molecule has 2 atom stereocenters. The largest absolute Gasteiger partial charge is 0.493 e. The Morgan fingerprint density at radius 1 is 1.05 bits per heavy atom. The number of methoxy groups -OCH3 is 2. The predicted molar refractivity (Wildman–Crippen MR) is 155 cm³/mol. The Bertz CT molecular complexity index is 1330. The molecule has 2 N–H and O–H groups in total. The van der Waals surface area contributed by atoms with Crippen molar-refractivity contribution in [2.45, 2.75) is 44.1 Å². The lowest BCUT2D eigenvalue weighted by Crippen LogP contribution is -2.59. The molecule has 5 rings (SSSR count). The van der Waals surface area contributed by atoms with Crippen LogP contribution in [0.2, 0.25) is 0 Å². The molecule has 0 aliphatic carbocycles. The molecule has 2 unspecified atom stereocenters. The summed E-state index contributed by atoms with van der Waals surface area (Å²) in [5.74, 6) is 2.90. The standard InChI is InChI=1S/C32H38N4O5/c1-38-28-11-10-24(15-29(28)39-2)25-18-34-30(35-19-25)12-13-31(37)36-32(17-27-21-40-22-41-27,26-9-6-14-33-20-26)16-23-7-4-3-5-8-23/h3-5,7-8,10-11,15,18-19,21,26,33H,6,9,12-14,16-17,20,22H2,1-2H3,(H,36,37). The van der Waals surface area contributed by atoms with Gasteiger partial charge in [-0.1, -0.05) is 36.4 Å². The Morgan fingerprint density at radius 2 is 1.85 bits per heavy atom. The van der Waals surface area contributed by atoms with Crippen LogP contribution >= 0.6 is 0 Å². The molecule has 0 bridgehead atoms. The van der Waals surface area contributed by atoms with E-state index in [-0.39, 0.29) is 25.0 Å². The van der Waals surface area contributed by atoms with E-state index in [1.807, 2.05) is 36.4 Å². The molecule has 9 nitrogen and oxygen atoms in total. The molecular weight excluding hydrogens is 520 g/mol. The minimum atomic E-state index is -0.524. The minimum Gasteiger partial charge on any atom is -0.493 e. The quantitative estimate of drug-likeness (QED) is 0.337. The summed E-state index contributed by atoms with van der Waals surface area (Å²) in [6, 6.07) is 16.0. The van der Waals surface area contributed by atoms with Crippen LogP contribution in [0.1, 0.15) is 37.1 Å². The SMILES string of the molecule is COc1ccc(-c2cnc(CCC(=O)NC(CC3=COCO3)(Cc3ccccc3)C3CCCNC3)nc2)cc1OC. The summed E-state index contributed by atoms with van der Waals surface area (Å²) < 4.78 is 21.9. The smallest absolute Gasteiger partial charge is 0.229 e. The zero-order valence-electron chi connectivity index (χ0n) is 23.7. The summed E-state index contributed by atoms with van der Waals surface area (Å²) in [6.07, 6.45) is 9.30. The van der Waals surface area contributed by atoms with Crippen molar-refractivity contribution in [2.75, 3.05) is 34.1 Å². The maximum atomic E-state index is 13.6. The Kier molecular flexibility index (Phi) is 9.36. The number of nitrogens with one attached hydrogen (secondary N) is 2. The van der Waals surface area contributed by atoms with Crippen LogP contribution < -0.4 is 20.1 Å². The highest BCUT2D eigenvalue weighted by Gasteiger charge is 2.42. The first-order valence-corrected chi connectivity index (χ1v) is 14.1. The van der Waals surface area contributed by atoms with E-state index in [1.54, 1.807) is 32.9 Å². The number of aromatic nitrogens is 2. The molecule has 1 fully saturated rings. The van der Waals surface area contributed by atoms with Crippen LogP contribution in [0.3, 0.4) is 0 Å². The van der Waals surface area contributed by atoms with E-state index in [0.717, 1.165) is 42.8 Å². The van der Waals surface area contributed by atoms with E-state index < -0.39 is 5.54 Å². The molecule has 3 aromatic rings. The van der Waals surface area contributed by atoms with Crippen molar-refractivity contribution in [3.63, 3.8) is 0 Å². The highest BCUT2D eigenvalue weighted by Crippen LogP contribution is 2.35. The van der Waals surface area contributed by atoms with Gasteiger partial charge < -0.3 is 29.6 Å². The third kappa shape index (κ3) is 7.16. The maximum Gasteiger partial charge on any atom is 0.229 e. The van der Waals surface area contributed by atoms with Crippen LogP contribution in [0, 0.1) is 5.92 Å². The topological polar surface area (TPSA) is 104 Å². The lowest BCUT2D eigenvalue weighted by atomic mass is 9.72. The number of piperidine rings is 1. The first-order chi connectivity index (χ1) is 20.1. The van der Waals surface area contributed by atoms with Gasteiger partial charge in [0.1, 0.15) is 17.8 Å². The average Bonchev–Trinajstić information content (AvgIpc) is 3.53. The number of hydrogen-bond acceptors (Lipinski definition) is 8. The van der Waals surface area contributed by atoms with E-state index in [1.165, 1.54) is 5.56 Å². The summed E-state index contributed by atoms with van der Waals surface area (Å²) in [5, 5.41) is 7.01. The van der Waals surface area contributed by atoms with Crippen molar-refractivity contribution in [1.29, 1.82) is 0 Å². The van der Waals surface area contributed by atoms with Gasteiger partial charge in [0.15, 0.2) is 11.5 Å². The number of carbonyl (C=O) groups excluding carboxylic acids is 1. The summed E-state index contributed by atoms with van der Waals surface area (Å²) in [7, 11) is 3.22. The van der Waals surface area contributed by atoms with Gasteiger partial charge in [-0.2, -0.15) is 0 Å². The number of carbonyl (C=O) groups is 1. The zero-order valence-corrected chi connectivity index (χ0v) is 23.7. The molecule has 2 aliphatic rings. The van der Waals surface area contributed by atoms with E-state index >= 15 is 0 Å². The van der Waals surface area contributed by atoms with Gasteiger partial charge >= 0.3 is 0 Å². The number of rotatable bonds is 12. The Morgan fingerprint density at radius 3 is 2.54 bits per heavy atom. The summed E-state index contributed by atoms with van der Waals surface area (Å²) in [6.45, 7) is 2.04. The highest BCUT2D eigenvalue weighted by molar-refractivity contribution is 5.77. The summed E-state index contributed by atoms with van der Waals surface area (Å²) in [4.78, 5) is 22.6. The van der Waals surface area contributed by atoms with E-state index in [0.29, 0.717) is 36.6 Å². The highest BCUT2D eigenvalue weighted by atomic mass is 16.7. The van der Waals surface area contributed by atoms with Gasteiger partial charge in [-0.25, -0.2) is 9.97 Å². The molecule has 216 valence electrons. The van der Waals surface area contributed by atoms with Crippen LogP contribution in [-0.2, 0) is 27.1 Å². The van der Waals surface area contributed by atoms with Crippen LogP contribution in [0.4, 0.5) is 0 Å². The van der Waals surface area contributed by atoms with Gasteiger partial charge in [0.2, 0.25) is 12.7 Å². The molecule has 9 heteroatoms. The van der Waals surface area contributed by atoms with Gasteiger partial charge in [-0.3, -0.25) is 4.79 Å². The summed E-state index contributed by atoms with van der Waals surface area (Å²) in [5.41, 5.74) is 2.43. The number of hydrogen-bond donors (Lipinski definition) is 2. The number of amides is 1. The van der Waals surface area contributed by atoms with Crippen molar-refractivity contribution in [3.05, 3.63) is 84.3 Å². The Hall–Kier alpha value is -4.11. The zero-order chi connectivity index (χ0) is 28.5. The van der Waals surface area contributed by atoms with Crippen molar-refractivity contribution in [1.82, 2.24) is 20.6 Å². The lowest BCUT2D eigenvalue weighted by Gasteiger charge is -2.44. The van der Waals surface area contributed by atoms with Crippen LogP contribution in [0.15, 0.2) is 72.9 Å². The first kappa shape index (κ1) is 28.4. The molecule has 1 amide bonds.